The van der Waals surface area contributed by atoms with Gasteiger partial charge in [-0.3, -0.25) is 0 Å². The molecule has 11 aromatic rings. The van der Waals surface area contributed by atoms with E-state index >= 15 is 0 Å². The molecule has 0 bridgehead atoms. The minimum absolute atomic E-state index is 0.794. The normalized spacial score (nSPS) is 11.6. The maximum Gasteiger partial charge on any atom is 0.139 e. The van der Waals surface area contributed by atoms with Crippen LogP contribution in [0.5, 0.6) is 11.5 Å². The monoisotopic (exact) mass is 752 g/mol. The van der Waals surface area contributed by atoms with Gasteiger partial charge in [0.05, 0.1) is 14.2 Å². The number of nitrogens with zero attached hydrogens (tertiary/aromatic N) is 2. The number of hydrogen-bond donors (Lipinski definition) is 0. The highest BCUT2D eigenvalue weighted by Gasteiger charge is 2.19. The maximum absolute atomic E-state index is 6.58. The Hall–Kier alpha value is -7.70. The van der Waals surface area contributed by atoms with Gasteiger partial charge in [0.2, 0.25) is 0 Å². The molecule has 0 saturated heterocycles. The van der Waals surface area contributed by atoms with E-state index in [1.165, 1.54) is 0 Å². The highest BCUT2D eigenvalue weighted by molar-refractivity contribution is 6.18. The van der Waals surface area contributed by atoms with Crippen molar-refractivity contribution < 1.29 is 18.3 Å². The van der Waals surface area contributed by atoms with Gasteiger partial charge in [0.1, 0.15) is 33.8 Å². The Labute approximate surface area is 334 Å². The van der Waals surface area contributed by atoms with Crippen LogP contribution in [-0.2, 0) is 0 Å². The summed E-state index contributed by atoms with van der Waals surface area (Å²) in [5.41, 5.74) is 9.49. The van der Waals surface area contributed by atoms with Crippen molar-refractivity contribution in [3.63, 3.8) is 0 Å². The Morgan fingerprint density at radius 3 is 1.16 bits per heavy atom. The van der Waals surface area contributed by atoms with Gasteiger partial charge in [0.15, 0.2) is 0 Å². The van der Waals surface area contributed by atoms with Gasteiger partial charge in [-0.2, -0.15) is 0 Å². The second-order valence-electron chi connectivity index (χ2n) is 14.6. The number of hydrogen-bond acceptors (Lipinski definition) is 6. The Bertz CT molecular complexity index is 3110. The van der Waals surface area contributed by atoms with E-state index < -0.39 is 0 Å². The van der Waals surface area contributed by atoms with Crippen molar-refractivity contribution in [2.75, 3.05) is 24.0 Å². The molecule has 0 radical (unpaired) electrons. The van der Waals surface area contributed by atoms with E-state index in [-0.39, 0.29) is 0 Å². The first-order valence-corrected chi connectivity index (χ1v) is 19.3. The SMILES string of the molecule is COc1cccc(N(c2ccccc2)c2ccc3cc4c(cc3c2)oc2cc3oc5cc6cc(N(c7ccccc7)c7cccc(OC)c7)ccc6cc5c3cc24)c1. The van der Waals surface area contributed by atoms with Gasteiger partial charge in [-0.05, 0) is 125 Å². The molecule has 2 heterocycles. The van der Waals surface area contributed by atoms with Crippen LogP contribution < -0.4 is 19.3 Å². The summed E-state index contributed by atoms with van der Waals surface area (Å²) in [6, 6.07) is 63.3. The van der Waals surface area contributed by atoms with Gasteiger partial charge >= 0.3 is 0 Å². The molecule has 9 aromatic carbocycles. The number of fused-ring (bicyclic) bond motifs is 8. The molecule has 58 heavy (non-hydrogen) atoms. The zero-order chi connectivity index (χ0) is 38.7. The molecule has 0 aliphatic heterocycles. The Morgan fingerprint density at radius 2 is 0.707 bits per heavy atom. The fraction of sp³-hybridized carbons (Fsp3) is 0.0385. The van der Waals surface area contributed by atoms with Gasteiger partial charge in [0.25, 0.3) is 0 Å². The lowest BCUT2D eigenvalue weighted by molar-refractivity contribution is 0.415. The Balaban J connectivity index is 1.00. The van der Waals surface area contributed by atoms with E-state index in [2.05, 4.69) is 149 Å². The number of methoxy groups -OCH3 is 2. The highest BCUT2D eigenvalue weighted by Crippen LogP contribution is 2.43. The molecule has 11 rings (SSSR count). The molecule has 0 spiro atoms. The van der Waals surface area contributed by atoms with Crippen LogP contribution in [0.2, 0.25) is 0 Å². The minimum atomic E-state index is 0.794. The van der Waals surface area contributed by atoms with Gasteiger partial charge in [-0.15, -0.1) is 0 Å². The summed E-state index contributed by atoms with van der Waals surface area (Å²) in [6.07, 6.45) is 0. The highest BCUT2D eigenvalue weighted by atomic mass is 16.5. The first-order valence-electron chi connectivity index (χ1n) is 19.3. The van der Waals surface area contributed by atoms with E-state index in [1.807, 2.05) is 42.5 Å². The average Bonchev–Trinajstić information content (AvgIpc) is 3.80. The number of ether oxygens (including phenoxy) is 2. The maximum atomic E-state index is 6.58. The number of anilines is 6. The molecule has 0 saturated carbocycles. The topological polar surface area (TPSA) is 51.2 Å². The predicted octanol–water partition coefficient (Wildman–Crippen LogP) is 14.7. The lowest BCUT2D eigenvalue weighted by Crippen LogP contribution is -2.09. The van der Waals surface area contributed by atoms with Crippen molar-refractivity contribution in [3.05, 3.63) is 182 Å². The number of furan rings is 2. The zero-order valence-electron chi connectivity index (χ0n) is 31.8. The zero-order valence-corrected chi connectivity index (χ0v) is 31.8. The summed E-state index contributed by atoms with van der Waals surface area (Å²) >= 11 is 0. The fourth-order valence-corrected chi connectivity index (χ4v) is 8.33. The van der Waals surface area contributed by atoms with Gasteiger partial charge < -0.3 is 28.1 Å². The van der Waals surface area contributed by atoms with Crippen LogP contribution in [-0.4, -0.2) is 14.2 Å². The van der Waals surface area contributed by atoms with Crippen LogP contribution in [0.4, 0.5) is 34.1 Å². The molecule has 0 unspecified atom stereocenters. The molecule has 278 valence electrons. The molecule has 0 aliphatic carbocycles. The van der Waals surface area contributed by atoms with E-state index in [1.54, 1.807) is 14.2 Å². The van der Waals surface area contributed by atoms with E-state index in [4.69, 9.17) is 18.3 Å². The van der Waals surface area contributed by atoms with E-state index in [9.17, 15) is 0 Å². The molecule has 0 amide bonds. The third-order valence-electron chi connectivity index (χ3n) is 11.1. The standard InChI is InChI=1S/C52H36N2O4/c1-55-43-17-9-15-39(29-43)53(37-11-5-3-6-12-37)41-21-19-33-25-45-47-31-48-46-26-34-20-22-42(54(38-13-7-4-8-14-38)40-16-10-18-44(30-40)56-2)24-36(34)28-50(46)58-52(48)32-51(47)57-49(45)27-35(33)23-41/h3-32H,1-2H3. The predicted molar refractivity (Wildman–Crippen MR) is 238 cm³/mol. The molecule has 0 atom stereocenters. The van der Waals surface area contributed by atoms with Crippen molar-refractivity contribution in [3.8, 4) is 11.5 Å². The summed E-state index contributed by atoms with van der Waals surface area (Å²) in [7, 11) is 3.39. The van der Waals surface area contributed by atoms with E-state index in [0.29, 0.717) is 0 Å². The second kappa shape index (κ2) is 13.5. The number of para-hydroxylation sites is 2. The lowest BCUT2D eigenvalue weighted by atomic mass is 10.0. The molecule has 2 aromatic heterocycles. The first-order chi connectivity index (χ1) is 28.6. The average molecular weight is 753 g/mol. The van der Waals surface area contributed by atoms with Crippen molar-refractivity contribution in [2.24, 2.45) is 0 Å². The van der Waals surface area contributed by atoms with Crippen molar-refractivity contribution in [1.82, 2.24) is 0 Å². The lowest BCUT2D eigenvalue weighted by Gasteiger charge is -2.26. The van der Waals surface area contributed by atoms with Crippen LogP contribution in [0.1, 0.15) is 0 Å². The van der Waals surface area contributed by atoms with Crippen molar-refractivity contribution in [2.45, 2.75) is 0 Å². The van der Waals surface area contributed by atoms with Gasteiger partial charge in [-0.25, -0.2) is 0 Å². The first kappa shape index (κ1) is 33.6. The molecule has 6 heteroatoms. The molecule has 0 N–H and O–H groups in total. The summed E-state index contributed by atoms with van der Waals surface area (Å²) in [5, 5.41) is 8.71. The van der Waals surface area contributed by atoms with E-state index in [0.717, 1.165) is 111 Å². The van der Waals surface area contributed by atoms with Crippen molar-refractivity contribution >= 4 is 99.5 Å². The van der Waals surface area contributed by atoms with Crippen LogP contribution in [0.15, 0.2) is 191 Å². The molecular formula is C52H36N2O4. The van der Waals surface area contributed by atoms with Crippen LogP contribution in [0.3, 0.4) is 0 Å². The summed E-state index contributed by atoms with van der Waals surface area (Å²) in [6.45, 7) is 0. The van der Waals surface area contributed by atoms with Crippen LogP contribution in [0.25, 0.3) is 65.4 Å². The number of benzene rings is 9. The summed E-state index contributed by atoms with van der Waals surface area (Å²) in [4.78, 5) is 4.49. The summed E-state index contributed by atoms with van der Waals surface area (Å²) < 4.78 is 24.3. The molecule has 0 aliphatic rings. The number of rotatable bonds is 8. The summed E-state index contributed by atoms with van der Waals surface area (Å²) in [5.74, 6) is 1.61. The van der Waals surface area contributed by atoms with Crippen LogP contribution >= 0.6 is 0 Å². The second-order valence-corrected chi connectivity index (χ2v) is 14.6. The van der Waals surface area contributed by atoms with Gasteiger partial charge in [0, 0.05) is 73.9 Å². The molecular weight excluding hydrogens is 717 g/mol. The van der Waals surface area contributed by atoms with Crippen LogP contribution in [0, 0.1) is 0 Å². The minimum Gasteiger partial charge on any atom is -0.497 e. The van der Waals surface area contributed by atoms with Gasteiger partial charge in [-0.1, -0.05) is 60.7 Å². The molecule has 6 nitrogen and oxygen atoms in total. The third kappa shape index (κ3) is 5.65. The third-order valence-corrected chi connectivity index (χ3v) is 11.1. The largest absolute Gasteiger partial charge is 0.497 e. The Kier molecular flexibility index (Phi) is 7.83. The quantitative estimate of drug-likeness (QED) is 0.154. The van der Waals surface area contributed by atoms with Crippen molar-refractivity contribution in [1.29, 1.82) is 0 Å². The Morgan fingerprint density at radius 1 is 0.310 bits per heavy atom. The molecule has 0 fully saturated rings. The smallest absolute Gasteiger partial charge is 0.139 e. The fourth-order valence-electron chi connectivity index (χ4n) is 8.33.